The van der Waals surface area contributed by atoms with Gasteiger partial charge in [0.15, 0.2) is 17.6 Å². The average molecular weight is 267 g/mol. The van der Waals surface area contributed by atoms with Gasteiger partial charge in [0.25, 0.3) is 0 Å². The smallest absolute Gasteiger partial charge is 0.163 e. The number of aromatic nitrogens is 2. The number of halogens is 1. The van der Waals surface area contributed by atoms with Gasteiger partial charge in [0.2, 0.25) is 0 Å². The number of hydrogen-bond acceptors (Lipinski definition) is 5. The van der Waals surface area contributed by atoms with Crippen molar-refractivity contribution in [3.63, 3.8) is 0 Å². The zero-order valence-electron chi connectivity index (χ0n) is 9.72. The lowest BCUT2D eigenvalue weighted by molar-refractivity contribution is 0.0274. The summed E-state index contributed by atoms with van der Waals surface area (Å²) in [7, 11) is 1.63. The molecule has 0 aliphatic carbocycles. The van der Waals surface area contributed by atoms with Crippen LogP contribution in [0.15, 0.2) is 18.5 Å². The van der Waals surface area contributed by atoms with Crippen molar-refractivity contribution in [1.29, 1.82) is 0 Å². The molecule has 0 amide bonds. The lowest BCUT2D eigenvalue weighted by atomic mass is 10.2. The van der Waals surface area contributed by atoms with Gasteiger partial charge in [-0.2, -0.15) is 0 Å². The predicted molar refractivity (Wildman–Crippen MR) is 66.3 cm³/mol. The molecule has 0 saturated heterocycles. The maximum Gasteiger partial charge on any atom is 0.163 e. The fourth-order valence-electron chi connectivity index (χ4n) is 1.90. The Morgan fingerprint density at radius 1 is 1.39 bits per heavy atom. The maximum absolute atomic E-state index is 6.02. The van der Waals surface area contributed by atoms with E-state index < -0.39 is 0 Å². The second kappa shape index (κ2) is 4.59. The van der Waals surface area contributed by atoms with Crippen LogP contribution in [0.2, 0.25) is 5.15 Å². The highest BCUT2D eigenvalue weighted by Crippen LogP contribution is 2.36. The highest BCUT2D eigenvalue weighted by atomic mass is 35.5. The lowest BCUT2D eigenvalue weighted by Crippen LogP contribution is -2.32. The summed E-state index contributed by atoms with van der Waals surface area (Å²) in [6.07, 6.45) is 1.32. The fourth-order valence-corrected chi connectivity index (χ4v) is 2.10. The average Bonchev–Trinajstić information content (AvgIpc) is 2.38. The van der Waals surface area contributed by atoms with E-state index in [9.17, 15) is 0 Å². The van der Waals surface area contributed by atoms with Gasteiger partial charge in [0.05, 0.1) is 12.1 Å². The molecule has 5 nitrogen and oxygen atoms in total. The molecule has 2 heterocycles. The van der Waals surface area contributed by atoms with Gasteiger partial charge in [-0.1, -0.05) is 11.6 Å². The maximum atomic E-state index is 6.02. The first kappa shape index (κ1) is 11.5. The third kappa shape index (κ3) is 1.95. The van der Waals surface area contributed by atoms with Gasteiger partial charge in [-0.15, -0.1) is 0 Å². The molecule has 0 bridgehead atoms. The van der Waals surface area contributed by atoms with Gasteiger partial charge in [0, 0.05) is 18.6 Å². The standard InChI is InChI=1S/C12H11ClN2O3/c1-16-4-7-5-17-10-3-9-8(2-11(10)18-7)12(13)15-6-14-9/h2-3,6-7H,4-5H2,1H3. The van der Waals surface area contributed by atoms with Crippen molar-refractivity contribution in [2.24, 2.45) is 0 Å². The second-order valence-corrected chi connectivity index (χ2v) is 4.34. The summed E-state index contributed by atoms with van der Waals surface area (Å²) >= 11 is 6.02. The van der Waals surface area contributed by atoms with Crippen LogP contribution in [0.3, 0.4) is 0 Å². The lowest BCUT2D eigenvalue weighted by Gasteiger charge is -2.26. The number of hydrogen-bond donors (Lipinski definition) is 0. The molecule has 1 aliphatic rings. The van der Waals surface area contributed by atoms with E-state index in [0.29, 0.717) is 29.9 Å². The first-order valence-electron chi connectivity index (χ1n) is 5.50. The van der Waals surface area contributed by atoms with E-state index in [1.807, 2.05) is 0 Å². The molecule has 6 heteroatoms. The van der Waals surface area contributed by atoms with Crippen LogP contribution >= 0.6 is 11.6 Å². The number of ether oxygens (including phenoxy) is 3. The number of fused-ring (bicyclic) bond motifs is 2. The Morgan fingerprint density at radius 2 is 2.28 bits per heavy atom. The monoisotopic (exact) mass is 266 g/mol. The minimum Gasteiger partial charge on any atom is -0.486 e. The van der Waals surface area contributed by atoms with Crippen LogP contribution in [-0.2, 0) is 4.74 Å². The molecule has 94 valence electrons. The predicted octanol–water partition coefficient (Wildman–Crippen LogP) is 2.07. The molecule has 0 radical (unpaired) electrons. The van der Waals surface area contributed by atoms with Crippen molar-refractivity contribution in [3.8, 4) is 11.5 Å². The molecule has 1 aromatic heterocycles. The first-order valence-corrected chi connectivity index (χ1v) is 5.88. The summed E-state index contributed by atoms with van der Waals surface area (Å²) < 4.78 is 16.5. The van der Waals surface area contributed by atoms with Crippen LogP contribution in [-0.4, -0.2) is 36.4 Å². The molecular formula is C12H11ClN2O3. The first-order chi connectivity index (χ1) is 8.78. The van der Waals surface area contributed by atoms with E-state index in [4.69, 9.17) is 25.8 Å². The molecule has 1 atom stereocenters. The summed E-state index contributed by atoms with van der Waals surface area (Å²) in [6, 6.07) is 3.61. The van der Waals surface area contributed by atoms with Crippen LogP contribution < -0.4 is 9.47 Å². The number of nitrogens with zero attached hydrogens (tertiary/aromatic N) is 2. The van der Waals surface area contributed by atoms with Gasteiger partial charge in [-0.3, -0.25) is 0 Å². The molecule has 18 heavy (non-hydrogen) atoms. The van der Waals surface area contributed by atoms with Crippen LogP contribution in [0, 0.1) is 0 Å². The molecule has 0 spiro atoms. The van der Waals surface area contributed by atoms with E-state index in [-0.39, 0.29) is 6.10 Å². The Hall–Kier alpha value is -1.59. The topological polar surface area (TPSA) is 53.5 Å². The van der Waals surface area contributed by atoms with Gasteiger partial charge in [-0.25, -0.2) is 9.97 Å². The highest BCUT2D eigenvalue weighted by molar-refractivity contribution is 6.34. The zero-order valence-corrected chi connectivity index (χ0v) is 10.5. The molecule has 2 aromatic rings. The van der Waals surface area contributed by atoms with Gasteiger partial charge < -0.3 is 14.2 Å². The van der Waals surface area contributed by atoms with E-state index >= 15 is 0 Å². The summed E-state index contributed by atoms with van der Waals surface area (Å²) in [5.41, 5.74) is 0.738. The molecule has 1 unspecified atom stereocenters. The highest BCUT2D eigenvalue weighted by Gasteiger charge is 2.22. The summed E-state index contributed by atoms with van der Waals surface area (Å²) in [5.74, 6) is 1.32. The molecule has 0 saturated carbocycles. The van der Waals surface area contributed by atoms with E-state index in [2.05, 4.69) is 9.97 Å². The van der Waals surface area contributed by atoms with Gasteiger partial charge >= 0.3 is 0 Å². The van der Waals surface area contributed by atoms with Crippen molar-refractivity contribution < 1.29 is 14.2 Å². The van der Waals surface area contributed by atoms with Crippen molar-refractivity contribution >= 4 is 22.5 Å². The molecule has 0 N–H and O–H groups in total. The van der Waals surface area contributed by atoms with E-state index in [0.717, 1.165) is 10.9 Å². The molecule has 1 aliphatic heterocycles. The Kier molecular flexibility index (Phi) is 2.93. The molecule has 1 aromatic carbocycles. The van der Waals surface area contributed by atoms with Gasteiger partial charge in [-0.05, 0) is 6.07 Å². The largest absolute Gasteiger partial charge is 0.486 e. The number of benzene rings is 1. The van der Waals surface area contributed by atoms with Crippen molar-refractivity contribution in [2.75, 3.05) is 20.3 Å². The zero-order chi connectivity index (χ0) is 12.5. The van der Waals surface area contributed by atoms with E-state index in [1.165, 1.54) is 6.33 Å². The van der Waals surface area contributed by atoms with Crippen molar-refractivity contribution in [2.45, 2.75) is 6.10 Å². The number of rotatable bonds is 2. The van der Waals surface area contributed by atoms with E-state index in [1.54, 1.807) is 19.2 Å². The quantitative estimate of drug-likeness (QED) is 0.779. The van der Waals surface area contributed by atoms with Crippen LogP contribution in [0.5, 0.6) is 11.5 Å². The van der Waals surface area contributed by atoms with Crippen LogP contribution in [0.1, 0.15) is 0 Å². The van der Waals surface area contributed by atoms with Crippen LogP contribution in [0.25, 0.3) is 10.9 Å². The minimum absolute atomic E-state index is 0.108. The summed E-state index contributed by atoms with van der Waals surface area (Å²) in [6.45, 7) is 0.946. The van der Waals surface area contributed by atoms with Crippen molar-refractivity contribution in [3.05, 3.63) is 23.6 Å². The third-order valence-electron chi connectivity index (χ3n) is 2.72. The Morgan fingerprint density at radius 3 is 3.11 bits per heavy atom. The number of methoxy groups -OCH3 is 1. The Balaban J connectivity index is 2.04. The third-order valence-corrected chi connectivity index (χ3v) is 3.02. The summed E-state index contributed by atoms with van der Waals surface area (Å²) in [4.78, 5) is 8.09. The Labute approximate surface area is 109 Å². The fraction of sp³-hybridized carbons (Fsp3) is 0.333. The van der Waals surface area contributed by atoms with Crippen molar-refractivity contribution in [1.82, 2.24) is 9.97 Å². The summed E-state index contributed by atoms with van der Waals surface area (Å²) in [5, 5.41) is 1.15. The molecule has 0 fully saturated rings. The Bertz CT molecular complexity index is 591. The second-order valence-electron chi connectivity index (χ2n) is 3.99. The van der Waals surface area contributed by atoms with Crippen LogP contribution in [0.4, 0.5) is 0 Å². The normalized spacial score (nSPS) is 18.0. The minimum atomic E-state index is -0.108. The van der Waals surface area contributed by atoms with Gasteiger partial charge in [0.1, 0.15) is 18.1 Å². The molecular weight excluding hydrogens is 256 g/mol. The SMILES string of the molecule is COCC1COc2cc3ncnc(Cl)c3cc2O1. The molecule has 3 rings (SSSR count).